The van der Waals surface area contributed by atoms with Gasteiger partial charge in [-0.3, -0.25) is 4.79 Å². The van der Waals surface area contributed by atoms with Gasteiger partial charge in [-0.2, -0.15) is 0 Å². The third-order valence-electron chi connectivity index (χ3n) is 2.12. The minimum Gasteiger partial charge on any atom is -0.459 e. The van der Waals surface area contributed by atoms with E-state index >= 15 is 0 Å². The number of amides is 1. The fraction of sp³-hybridized carbons (Fsp3) is 0.0909. The first-order chi connectivity index (χ1) is 8.08. The molecule has 88 valence electrons. The van der Waals surface area contributed by atoms with Gasteiger partial charge in [-0.05, 0) is 30.7 Å². The summed E-state index contributed by atoms with van der Waals surface area (Å²) in [6.07, 6.45) is 1.42. The normalized spacial score (nSPS) is 10.3. The molecule has 2 aromatic rings. The number of halogens is 2. The van der Waals surface area contributed by atoms with Crippen molar-refractivity contribution in [2.75, 3.05) is 5.32 Å². The highest BCUT2D eigenvalue weighted by molar-refractivity contribution is 6.35. The molecule has 0 aliphatic rings. The fourth-order valence-electron chi connectivity index (χ4n) is 1.33. The van der Waals surface area contributed by atoms with Crippen molar-refractivity contribution >= 4 is 34.8 Å². The average Bonchev–Trinajstić information content (AvgIpc) is 2.76. The summed E-state index contributed by atoms with van der Waals surface area (Å²) in [5.41, 5.74) is 1.16. The van der Waals surface area contributed by atoms with Crippen LogP contribution in [0, 0.1) is 6.92 Å². The molecule has 0 saturated heterocycles. The van der Waals surface area contributed by atoms with E-state index in [1.165, 1.54) is 6.26 Å². The largest absolute Gasteiger partial charge is 0.459 e. The summed E-state index contributed by atoms with van der Waals surface area (Å²) < 4.78 is 4.97. The Labute approximate surface area is 108 Å². The average molecular weight is 271 g/mol. The first-order valence-electron chi connectivity index (χ1n) is 4.75. The molecule has 17 heavy (non-hydrogen) atoms. The van der Waals surface area contributed by atoms with Crippen LogP contribution < -0.4 is 5.32 Å². The summed E-state index contributed by atoms with van der Waals surface area (Å²) in [5, 5.41) is 3.05. The number of rotatable bonds is 2. The van der Waals surface area contributed by atoms with E-state index in [0.717, 1.165) is 5.56 Å². The summed E-state index contributed by atoms with van der Waals surface area (Å²) in [4.78, 5) is 15.6. The van der Waals surface area contributed by atoms with Gasteiger partial charge in [0.05, 0.1) is 12.0 Å². The van der Waals surface area contributed by atoms with Crippen LogP contribution in [-0.4, -0.2) is 10.9 Å². The van der Waals surface area contributed by atoms with Crippen molar-refractivity contribution in [1.82, 2.24) is 4.98 Å². The summed E-state index contributed by atoms with van der Waals surface area (Å²) in [6.45, 7) is 1.77. The van der Waals surface area contributed by atoms with Crippen molar-refractivity contribution in [2.24, 2.45) is 0 Å². The molecular weight excluding hydrogens is 263 g/mol. The molecule has 2 aromatic heterocycles. The fourth-order valence-corrected chi connectivity index (χ4v) is 1.91. The van der Waals surface area contributed by atoms with Crippen LogP contribution in [0.3, 0.4) is 0 Å². The topological polar surface area (TPSA) is 55.1 Å². The molecule has 1 N–H and O–H groups in total. The number of furan rings is 1. The Morgan fingerprint density at radius 1 is 1.47 bits per heavy atom. The maximum atomic E-state index is 11.7. The maximum Gasteiger partial charge on any atom is 0.291 e. The van der Waals surface area contributed by atoms with E-state index in [9.17, 15) is 4.79 Å². The number of aryl methyl sites for hydroxylation is 1. The molecule has 2 rings (SSSR count). The van der Waals surface area contributed by atoms with Gasteiger partial charge in [0.15, 0.2) is 10.9 Å². The minimum atomic E-state index is -0.385. The van der Waals surface area contributed by atoms with Crippen molar-refractivity contribution in [2.45, 2.75) is 6.92 Å². The number of anilines is 1. The Kier molecular flexibility index (Phi) is 3.36. The van der Waals surface area contributed by atoms with E-state index in [2.05, 4.69) is 10.3 Å². The first-order valence-corrected chi connectivity index (χ1v) is 5.51. The molecular formula is C11H8Cl2N2O2. The molecule has 0 radical (unpaired) electrons. The number of nitrogens with one attached hydrogen (secondary N) is 1. The smallest absolute Gasteiger partial charge is 0.291 e. The predicted molar refractivity (Wildman–Crippen MR) is 65.7 cm³/mol. The van der Waals surface area contributed by atoms with Crippen LogP contribution in [-0.2, 0) is 0 Å². The minimum absolute atomic E-state index is 0.148. The third-order valence-corrected chi connectivity index (χ3v) is 2.59. The van der Waals surface area contributed by atoms with E-state index in [-0.39, 0.29) is 22.0 Å². The Morgan fingerprint density at radius 2 is 2.24 bits per heavy atom. The van der Waals surface area contributed by atoms with Gasteiger partial charge in [0.25, 0.3) is 5.91 Å². The van der Waals surface area contributed by atoms with Gasteiger partial charge in [0.2, 0.25) is 0 Å². The molecule has 0 aliphatic carbocycles. The number of nitrogens with zero attached hydrogens (tertiary/aromatic N) is 1. The van der Waals surface area contributed by atoms with Crippen molar-refractivity contribution in [3.63, 3.8) is 0 Å². The number of carbonyl (C=O) groups excluding carboxylic acids is 1. The van der Waals surface area contributed by atoms with Gasteiger partial charge in [-0.25, -0.2) is 4.98 Å². The molecule has 0 bridgehead atoms. The van der Waals surface area contributed by atoms with E-state index in [1.807, 2.05) is 0 Å². The second-order valence-electron chi connectivity index (χ2n) is 3.36. The molecule has 0 saturated carbocycles. The molecule has 2 heterocycles. The molecule has 0 fully saturated rings. The van der Waals surface area contributed by atoms with E-state index in [0.29, 0.717) is 5.69 Å². The Balaban J connectivity index is 2.28. The van der Waals surface area contributed by atoms with Crippen LogP contribution in [0.15, 0.2) is 28.9 Å². The SMILES string of the molecule is Cc1cc(Cl)nc(Cl)c1NC(=O)c1ccco1. The highest BCUT2D eigenvalue weighted by Crippen LogP contribution is 2.26. The van der Waals surface area contributed by atoms with Crippen LogP contribution in [0.5, 0.6) is 0 Å². The van der Waals surface area contributed by atoms with Gasteiger partial charge in [0, 0.05) is 0 Å². The van der Waals surface area contributed by atoms with E-state index in [4.69, 9.17) is 27.6 Å². The summed E-state index contributed by atoms with van der Waals surface area (Å²) in [5.74, 6) is -0.181. The van der Waals surface area contributed by atoms with Crippen molar-refractivity contribution < 1.29 is 9.21 Å². The van der Waals surface area contributed by atoms with Crippen LogP contribution in [0.25, 0.3) is 0 Å². The molecule has 0 unspecified atom stereocenters. The first kappa shape index (κ1) is 12.0. The highest BCUT2D eigenvalue weighted by Gasteiger charge is 2.14. The van der Waals surface area contributed by atoms with Crippen LogP contribution in [0.2, 0.25) is 10.3 Å². The number of pyridine rings is 1. The number of carbonyl (C=O) groups is 1. The second kappa shape index (κ2) is 4.77. The predicted octanol–water partition coefficient (Wildman–Crippen LogP) is 3.54. The van der Waals surface area contributed by atoms with Gasteiger partial charge in [0.1, 0.15) is 5.15 Å². The van der Waals surface area contributed by atoms with Crippen molar-refractivity contribution in [1.29, 1.82) is 0 Å². The Morgan fingerprint density at radius 3 is 2.82 bits per heavy atom. The lowest BCUT2D eigenvalue weighted by Crippen LogP contribution is -2.12. The molecule has 0 spiro atoms. The number of aromatic nitrogens is 1. The van der Waals surface area contributed by atoms with Gasteiger partial charge < -0.3 is 9.73 Å². The van der Waals surface area contributed by atoms with Crippen LogP contribution in [0.1, 0.15) is 16.1 Å². The summed E-state index contributed by atoms with van der Waals surface area (Å²) in [6, 6.07) is 4.80. The Bertz CT molecular complexity index is 530. The van der Waals surface area contributed by atoms with Crippen LogP contribution in [0.4, 0.5) is 5.69 Å². The number of hydrogen-bond donors (Lipinski definition) is 1. The second-order valence-corrected chi connectivity index (χ2v) is 4.10. The quantitative estimate of drug-likeness (QED) is 0.850. The zero-order chi connectivity index (χ0) is 12.4. The Hall–Kier alpha value is -1.52. The van der Waals surface area contributed by atoms with Crippen molar-refractivity contribution in [3.8, 4) is 0 Å². The molecule has 1 amide bonds. The summed E-state index contributed by atoms with van der Waals surface area (Å²) in [7, 11) is 0. The molecule has 0 aromatic carbocycles. The lowest BCUT2D eigenvalue weighted by atomic mass is 10.2. The van der Waals surface area contributed by atoms with Gasteiger partial charge in [-0.1, -0.05) is 23.2 Å². The van der Waals surface area contributed by atoms with Crippen molar-refractivity contribution in [3.05, 3.63) is 46.1 Å². The van der Waals surface area contributed by atoms with Gasteiger partial charge >= 0.3 is 0 Å². The molecule has 4 nitrogen and oxygen atoms in total. The van der Waals surface area contributed by atoms with E-state index < -0.39 is 0 Å². The zero-order valence-electron chi connectivity index (χ0n) is 8.83. The molecule has 6 heteroatoms. The lowest BCUT2D eigenvalue weighted by molar-refractivity contribution is 0.0996. The third kappa shape index (κ3) is 2.60. The van der Waals surface area contributed by atoms with E-state index in [1.54, 1.807) is 25.1 Å². The standard InChI is InChI=1S/C11H8Cl2N2O2/c1-6-5-8(12)14-10(13)9(6)15-11(16)7-3-2-4-17-7/h2-5H,1H3,(H,15,16). The zero-order valence-corrected chi connectivity index (χ0v) is 10.3. The van der Waals surface area contributed by atoms with Crippen LogP contribution >= 0.6 is 23.2 Å². The summed E-state index contributed by atoms with van der Waals surface area (Å²) >= 11 is 11.6. The number of hydrogen-bond acceptors (Lipinski definition) is 3. The monoisotopic (exact) mass is 270 g/mol. The lowest BCUT2D eigenvalue weighted by Gasteiger charge is -2.08. The molecule has 0 atom stereocenters. The highest BCUT2D eigenvalue weighted by atomic mass is 35.5. The van der Waals surface area contributed by atoms with Gasteiger partial charge in [-0.15, -0.1) is 0 Å². The molecule has 0 aliphatic heterocycles. The maximum absolute atomic E-state index is 11.7.